The molecule has 4 aromatic carbocycles. The Morgan fingerprint density at radius 2 is 0.517 bits per heavy atom. The Bertz CT molecular complexity index is 853. The topological polar surface area (TPSA) is 52.0 Å². The van der Waals surface area contributed by atoms with Gasteiger partial charge in [0.15, 0.2) is 0 Å². The maximum atomic E-state index is 7.36. The molecule has 4 aromatic rings. The first kappa shape index (κ1) is 21.5. The van der Waals surface area contributed by atoms with Crippen molar-refractivity contribution < 1.29 is 0 Å². The molecule has 0 aliphatic heterocycles. The van der Waals surface area contributed by atoms with Crippen LogP contribution >= 0.6 is 0 Å². The van der Waals surface area contributed by atoms with E-state index >= 15 is 0 Å². The van der Waals surface area contributed by atoms with E-state index in [1.807, 2.05) is 72.8 Å². The van der Waals surface area contributed by atoms with Crippen molar-refractivity contribution in [3.8, 4) is 0 Å². The van der Waals surface area contributed by atoms with E-state index in [-0.39, 0.29) is 29.6 Å². The summed E-state index contributed by atoms with van der Waals surface area (Å²) in [5.74, 6) is 0. The second kappa shape index (κ2) is 9.08. The first-order valence-electron chi connectivity index (χ1n) is 9.47. The summed E-state index contributed by atoms with van der Waals surface area (Å²) in [6.45, 7) is 0. The van der Waals surface area contributed by atoms with Crippen molar-refractivity contribution in [3.63, 3.8) is 0 Å². The summed E-state index contributed by atoms with van der Waals surface area (Å²) in [7, 11) is 0. The summed E-state index contributed by atoms with van der Waals surface area (Å²) in [6, 6.07) is 40.5. The third-order valence-corrected chi connectivity index (χ3v) is 5.54. The second-order valence-electron chi connectivity index (χ2n) is 7.08. The van der Waals surface area contributed by atoms with Crippen LogP contribution in [0.15, 0.2) is 121 Å². The van der Waals surface area contributed by atoms with Gasteiger partial charge in [0.25, 0.3) is 0 Å². The van der Waals surface area contributed by atoms with E-state index in [4.69, 9.17) is 11.5 Å². The molecule has 29 heavy (non-hydrogen) atoms. The van der Waals surface area contributed by atoms with Crippen molar-refractivity contribution >= 4 is 29.6 Å². The fourth-order valence-electron chi connectivity index (χ4n) is 4.05. The van der Waals surface area contributed by atoms with Crippen molar-refractivity contribution in [2.24, 2.45) is 11.5 Å². The SMILES string of the molecule is NC(c1ccccc1)(c1ccccc1)C(N)(c1ccccc1)c1ccccc1.[NaH]. The molecule has 0 unspecified atom stereocenters. The second-order valence-corrected chi connectivity index (χ2v) is 7.08. The Kier molecular flexibility index (Phi) is 6.74. The van der Waals surface area contributed by atoms with Gasteiger partial charge in [0.05, 0.1) is 11.1 Å². The van der Waals surface area contributed by atoms with E-state index in [0.717, 1.165) is 22.3 Å². The molecule has 140 valence electrons. The number of benzene rings is 4. The predicted molar refractivity (Wildman–Crippen MR) is 123 cm³/mol. The van der Waals surface area contributed by atoms with Crippen LogP contribution in [0.25, 0.3) is 0 Å². The van der Waals surface area contributed by atoms with E-state index in [0.29, 0.717) is 0 Å². The molecule has 0 saturated heterocycles. The Morgan fingerprint density at radius 1 is 0.345 bits per heavy atom. The summed E-state index contributed by atoms with van der Waals surface area (Å²) in [5.41, 5.74) is 16.6. The van der Waals surface area contributed by atoms with Crippen LogP contribution in [-0.4, -0.2) is 29.6 Å². The van der Waals surface area contributed by atoms with Gasteiger partial charge in [0.1, 0.15) is 0 Å². The molecular formula is C26H25N2Na. The summed E-state index contributed by atoms with van der Waals surface area (Å²) in [5, 5.41) is 0. The number of nitrogens with two attached hydrogens (primary N) is 2. The zero-order chi connectivity index (χ0) is 19.5. The summed E-state index contributed by atoms with van der Waals surface area (Å²) in [4.78, 5) is 0. The molecule has 0 aliphatic rings. The molecule has 0 saturated carbocycles. The summed E-state index contributed by atoms with van der Waals surface area (Å²) >= 11 is 0. The minimum absolute atomic E-state index is 0. The van der Waals surface area contributed by atoms with Crippen LogP contribution in [0.4, 0.5) is 0 Å². The standard InChI is InChI=1S/C26H24N2.Na.H/c27-25(21-13-5-1-6-14-21,22-15-7-2-8-16-22)26(28,23-17-9-3-10-18-23)24-19-11-4-12-20-24;;/h1-20H,27-28H2;;. The predicted octanol–water partition coefficient (Wildman–Crippen LogP) is 4.14. The zero-order valence-electron chi connectivity index (χ0n) is 15.7. The molecule has 4 rings (SSSR count). The number of hydrogen-bond donors (Lipinski definition) is 2. The molecule has 0 aliphatic carbocycles. The first-order chi connectivity index (χ1) is 13.7. The average Bonchev–Trinajstić information content (AvgIpc) is 2.80. The number of rotatable bonds is 5. The Hall–Kier alpha value is -2.20. The number of hydrogen-bond acceptors (Lipinski definition) is 2. The van der Waals surface area contributed by atoms with Gasteiger partial charge < -0.3 is 11.5 Å². The monoisotopic (exact) mass is 388 g/mol. The molecule has 2 nitrogen and oxygen atoms in total. The van der Waals surface area contributed by atoms with Gasteiger partial charge in [0, 0.05) is 0 Å². The fourth-order valence-corrected chi connectivity index (χ4v) is 4.05. The summed E-state index contributed by atoms with van der Waals surface area (Å²) in [6.07, 6.45) is 0. The zero-order valence-corrected chi connectivity index (χ0v) is 15.7. The van der Waals surface area contributed by atoms with E-state index in [1.54, 1.807) is 0 Å². The van der Waals surface area contributed by atoms with E-state index < -0.39 is 11.1 Å². The van der Waals surface area contributed by atoms with E-state index in [2.05, 4.69) is 48.5 Å². The third-order valence-electron chi connectivity index (χ3n) is 5.54. The van der Waals surface area contributed by atoms with E-state index in [1.165, 1.54) is 0 Å². The van der Waals surface area contributed by atoms with Gasteiger partial charge in [-0.3, -0.25) is 0 Å². The van der Waals surface area contributed by atoms with Crippen LogP contribution in [-0.2, 0) is 11.1 Å². The van der Waals surface area contributed by atoms with Crippen LogP contribution in [0.3, 0.4) is 0 Å². The molecule has 0 heterocycles. The molecule has 0 spiro atoms. The van der Waals surface area contributed by atoms with Crippen molar-refractivity contribution in [3.05, 3.63) is 144 Å². The molecule has 0 amide bonds. The van der Waals surface area contributed by atoms with Gasteiger partial charge >= 0.3 is 29.6 Å². The van der Waals surface area contributed by atoms with Crippen LogP contribution < -0.4 is 11.5 Å². The van der Waals surface area contributed by atoms with Crippen LogP contribution in [0.1, 0.15) is 22.3 Å². The maximum absolute atomic E-state index is 7.36. The van der Waals surface area contributed by atoms with Gasteiger partial charge in [-0.25, -0.2) is 0 Å². The Morgan fingerprint density at radius 3 is 0.690 bits per heavy atom. The van der Waals surface area contributed by atoms with Crippen molar-refractivity contribution in [1.82, 2.24) is 0 Å². The van der Waals surface area contributed by atoms with Gasteiger partial charge in [-0.1, -0.05) is 121 Å². The molecule has 0 aromatic heterocycles. The van der Waals surface area contributed by atoms with E-state index in [9.17, 15) is 0 Å². The van der Waals surface area contributed by atoms with Crippen molar-refractivity contribution in [2.45, 2.75) is 11.1 Å². The normalized spacial score (nSPS) is 11.5. The molecular weight excluding hydrogens is 363 g/mol. The Balaban J connectivity index is 0.00000240. The molecule has 0 fully saturated rings. The molecule has 0 radical (unpaired) electrons. The van der Waals surface area contributed by atoms with Gasteiger partial charge in [0.2, 0.25) is 0 Å². The first-order valence-corrected chi connectivity index (χ1v) is 9.47. The molecule has 3 heteroatoms. The van der Waals surface area contributed by atoms with Crippen molar-refractivity contribution in [2.75, 3.05) is 0 Å². The minimum atomic E-state index is -0.974. The quantitative estimate of drug-likeness (QED) is 0.505. The van der Waals surface area contributed by atoms with Gasteiger partial charge in [-0.05, 0) is 22.3 Å². The fraction of sp³-hybridized carbons (Fsp3) is 0.0769. The molecule has 0 bridgehead atoms. The van der Waals surface area contributed by atoms with Crippen molar-refractivity contribution in [1.29, 1.82) is 0 Å². The Labute approximate surface area is 194 Å². The molecule has 0 atom stereocenters. The molecule has 4 N–H and O–H groups in total. The van der Waals surface area contributed by atoms with Crippen LogP contribution in [0, 0.1) is 0 Å². The van der Waals surface area contributed by atoms with Crippen LogP contribution in [0.2, 0.25) is 0 Å². The van der Waals surface area contributed by atoms with Gasteiger partial charge in [-0.2, -0.15) is 0 Å². The third kappa shape index (κ3) is 3.71. The van der Waals surface area contributed by atoms with Gasteiger partial charge in [-0.15, -0.1) is 0 Å². The average molecular weight is 388 g/mol. The van der Waals surface area contributed by atoms with Crippen LogP contribution in [0.5, 0.6) is 0 Å². The summed E-state index contributed by atoms with van der Waals surface area (Å²) < 4.78 is 0.